The molecule has 1 aromatic heterocycles. The molecule has 0 aliphatic carbocycles. The maximum atomic E-state index is 13.9. The lowest BCUT2D eigenvalue weighted by molar-refractivity contribution is -0.152. The van der Waals surface area contributed by atoms with E-state index in [1.165, 1.54) is 25.3 Å². The van der Waals surface area contributed by atoms with Crippen LogP contribution in [0.4, 0.5) is 13.2 Å². The standard InChI is InChI=1S/C23H15F3O5/c1-29-19(27)12-30-14-9-10-17-18(11-14)31-22(23(24,25)26)20(21(17)28)16-8-4-6-13-5-2-3-7-15(13)16/h2-11H,12H2,1H3. The molecule has 0 aliphatic rings. The quantitative estimate of drug-likeness (QED) is 0.419. The fraction of sp³-hybridized carbons (Fsp3) is 0.130. The summed E-state index contributed by atoms with van der Waals surface area (Å²) >= 11 is 0. The monoisotopic (exact) mass is 428 g/mol. The van der Waals surface area contributed by atoms with Crippen molar-refractivity contribution in [3.8, 4) is 16.9 Å². The minimum atomic E-state index is -4.91. The van der Waals surface area contributed by atoms with E-state index in [9.17, 15) is 22.8 Å². The number of methoxy groups -OCH3 is 1. The van der Waals surface area contributed by atoms with Gasteiger partial charge in [0, 0.05) is 6.07 Å². The normalized spacial score (nSPS) is 11.6. The Hall–Kier alpha value is -3.81. The van der Waals surface area contributed by atoms with Crippen LogP contribution in [0.15, 0.2) is 69.9 Å². The highest BCUT2D eigenvalue weighted by molar-refractivity contribution is 5.98. The zero-order valence-electron chi connectivity index (χ0n) is 16.2. The second-order valence-electron chi connectivity index (χ2n) is 6.68. The van der Waals surface area contributed by atoms with Crippen molar-refractivity contribution in [1.29, 1.82) is 0 Å². The molecule has 4 aromatic rings. The molecule has 0 unspecified atom stereocenters. The van der Waals surface area contributed by atoms with Gasteiger partial charge in [0.15, 0.2) is 6.61 Å². The lowest BCUT2D eigenvalue weighted by atomic mass is 9.96. The second kappa shape index (κ2) is 7.79. The Morgan fingerprint density at radius 3 is 2.48 bits per heavy atom. The van der Waals surface area contributed by atoms with Gasteiger partial charge < -0.3 is 13.9 Å². The molecule has 0 aliphatic heterocycles. The van der Waals surface area contributed by atoms with Crippen LogP contribution >= 0.6 is 0 Å². The van der Waals surface area contributed by atoms with E-state index in [0.717, 1.165) is 6.07 Å². The average molecular weight is 428 g/mol. The molecule has 4 rings (SSSR count). The van der Waals surface area contributed by atoms with E-state index in [1.807, 2.05) is 0 Å². The summed E-state index contributed by atoms with van der Waals surface area (Å²) in [5.41, 5.74) is -1.54. The van der Waals surface area contributed by atoms with Crippen LogP contribution in [0.25, 0.3) is 32.9 Å². The molecule has 1 heterocycles. The predicted octanol–water partition coefficient (Wildman–Crippen LogP) is 5.18. The van der Waals surface area contributed by atoms with Gasteiger partial charge in [-0.1, -0.05) is 42.5 Å². The van der Waals surface area contributed by atoms with Crippen molar-refractivity contribution < 1.29 is 31.9 Å². The summed E-state index contributed by atoms with van der Waals surface area (Å²) in [6, 6.07) is 15.5. The summed E-state index contributed by atoms with van der Waals surface area (Å²) in [7, 11) is 1.18. The largest absolute Gasteiger partial charge is 0.482 e. The molecule has 0 N–H and O–H groups in total. The van der Waals surface area contributed by atoms with Crippen LogP contribution in [-0.4, -0.2) is 19.7 Å². The smallest absolute Gasteiger partial charge is 0.450 e. The molecule has 8 heteroatoms. The Labute approximate surface area is 173 Å². The van der Waals surface area contributed by atoms with E-state index in [2.05, 4.69) is 4.74 Å². The van der Waals surface area contributed by atoms with Gasteiger partial charge in [0.2, 0.25) is 11.2 Å². The molecule has 0 bridgehead atoms. The van der Waals surface area contributed by atoms with E-state index in [0.29, 0.717) is 10.8 Å². The number of hydrogen-bond donors (Lipinski definition) is 0. The molecular formula is C23H15F3O5. The number of halogens is 3. The average Bonchev–Trinajstić information content (AvgIpc) is 2.76. The van der Waals surface area contributed by atoms with Gasteiger partial charge in [-0.25, -0.2) is 4.79 Å². The molecule has 0 saturated carbocycles. The second-order valence-corrected chi connectivity index (χ2v) is 6.68. The number of ether oxygens (including phenoxy) is 2. The zero-order valence-corrected chi connectivity index (χ0v) is 16.2. The summed E-state index contributed by atoms with van der Waals surface area (Å²) < 4.78 is 56.6. The van der Waals surface area contributed by atoms with E-state index in [1.54, 1.807) is 36.4 Å². The molecule has 0 amide bonds. The van der Waals surface area contributed by atoms with Gasteiger partial charge >= 0.3 is 12.1 Å². The van der Waals surface area contributed by atoms with Crippen LogP contribution in [0.3, 0.4) is 0 Å². The molecule has 0 atom stereocenters. The summed E-state index contributed by atoms with van der Waals surface area (Å²) in [5.74, 6) is -2.00. The lowest BCUT2D eigenvalue weighted by Gasteiger charge is -2.14. The molecule has 0 fully saturated rings. The van der Waals surface area contributed by atoms with Crippen molar-refractivity contribution >= 4 is 27.7 Å². The van der Waals surface area contributed by atoms with Crippen molar-refractivity contribution in [1.82, 2.24) is 0 Å². The fourth-order valence-corrected chi connectivity index (χ4v) is 3.35. The number of rotatable bonds is 4. The Bertz CT molecular complexity index is 1350. The van der Waals surface area contributed by atoms with E-state index in [-0.39, 0.29) is 22.3 Å². The molecule has 5 nitrogen and oxygen atoms in total. The Morgan fingerprint density at radius 2 is 1.74 bits per heavy atom. The van der Waals surface area contributed by atoms with Crippen molar-refractivity contribution in [2.24, 2.45) is 0 Å². The Kier molecular flexibility index (Phi) is 5.14. The summed E-state index contributed by atoms with van der Waals surface area (Å²) in [5, 5.41) is 1.15. The van der Waals surface area contributed by atoms with Crippen LogP contribution in [-0.2, 0) is 15.7 Å². The van der Waals surface area contributed by atoms with E-state index < -0.39 is 35.5 Å². The van der Waals surface area contributed by atoms with Gasteiger partial charge in [-0.05, 0) is 28.5 Å². The van der Waals surface area contributed by atoms with Gasteiger partial charge in [-0.15, -0.1) is 0 Å². The number of fused-ring (bicyclic) bond motifs is 2. The Balaban J connectivity index is 1.96. The number of alkyl halides is 3. The first-order chi connectivity index (χ1) is 14.8. The number of benzene rings is 3. The first-order valence-corrected chi connectivity index (χ1v) is 9.15. The van der Waals surface area contributed by atoms with Crippen LogP contribution in [0.2, 0.25) is 0 Å². The molecular weight excluding hydrogens is 413 g/mol. The SMILES string of the molecule is COC(=O)COc1ccc2c(=O)c(-c3cccc4ccccc34)c(C(F)(F)F)oc2c1. The van der Waals surface area contributed by atoms with Crippen LogP contribution < -0.4 is 10.2 Å². The highest BCUT2D eigenvalue weighted by atomic mass is 19.4. The van der Waals surface area contributed by atoms with Crippen LogP contribution in [0, 0.1) is 0 Å². The number of hydrogen-bond acceptors (Lipinski definition) is 5. The summed E-state index contributed by atoms with van der Waals surface area (Å²) in [6.45, 7) is -0.438. The molecule has 0 radical (unpaired) electrons. The van der Waals surface area contributed by atoms with Gasteiger partial charge in [0.05, 0.1) is 18.1 Å². The third kappa shape index (κ3) is 3.84. The minimum Gasteiger partial charge on any atom is -0.482 e. The van der Waals surface area contributed by atoms with Crippen molar-refractivity contribution in [3.63, 3.8) is 0 Å². The predicted molar refractivity (Wildman–Crippen MR) is 108 cm³/mol. The first kappa shape index (κ1) is 20.5. The topological polar surface area (TPSA) is 65.7 Å². The summed E-state index contributed by atoms with van der Waals surface area (Å²) in [4.78, 5) is 24.4. The van der Waals surface area contributed by atoms with Gasteiger partial charge in [-0.2, -0.15) is 13.2 Å². The van der Waals surface area contributed by atoms with Gasteiger partial charge in [0.1, 0.15) is 11.3 Å². The van der Waals surface area contributed by atoms with Crippen molar-refractivity contribution in [2.45, 2.75) is 6.18 Å². The van der Waals surface area contributed by atoms with Crippen molar-refractivity contribution in [2.75, 3.05) is 13.7 Å². The fourth-order valence-electron chi connectivity index (χ4n) is 3.35. The summed E-state index contributed by atoms with van der Waals surface area (Å²) in [6.07, 6.45) is -4.91. The number of carbonyl (C=O) groups excluding carboxylic acids is 1. The van der Waals surface area contributed by atoms with Crippen LogP contribution in [0.5, 0.6) is 5.75 Å². The molecule has 3 aromatic carbocycles. The lowest BCUT2D eigenvalue weighted by Crippen LogP contribution is -2.16. The zero-order chi connectivity index (χ0) is 22.2. The Morgan fingerprint density at radius 1 is 1.00 bits per heavy atom. The third-order valence-electron chi connectivity index (χ3n) is 4.76. The van der Waals surface area contributed by atoms with Crippen molar-refractivity contribution in [3.05, 3.63) is 76.6 Å². The highest BCUT2D eigenvalue weighted by Gasteiger charge is 2.39. The highest BCUT2D eigenvalue weighted by Crippen LogP contribution is 2.39. The maximum absolute atomic E-state index is 13.9. The third-order valence-corrected chi connectivity index (χ3v) is 4.76. The molecule has 158 valence electrons. The molecule has 0 spiro atoms. The maximum Gasteiger partial charge on any atom is 0.450 e. The van der Waals surface area contributed by atoms with Gasteiger partial charge in [-0.3, -0.25) is 4.79 Å². The number of carbonyl (C=O) groups is 1. The molecule has 0 saturated heterocycles. The first-order valence-electron chi connectivity index (χ1n) is 9.15. The van der Waals surface area contributed by atoms with E-state index >= 15 is 0 Å². The number of esters is 1. The minimum absolute atomic E-state index is 0.0404. The van der Waals surface area contributed by atoms with Gasteiger partial charge in [0.25, 0.3) is 0 Å². The molecule has 31 heavy (non-hydrogen) atoms. The van der Waals surface area contributed by atoms with Crippen LogP contribution in [0.1, 0.15) is 5.76 Å². The van der Waals surface area contributed by atoms with E-state index in [4.69, 9.17) is 9.15 Å².